The minimum absolute atomic E-state index is 0.174. The quantitative estimate of drug-likeness (QED) is 0.305. The summed E-state index contributed by atoms with van der Waals surface area (Å²) < 4.78 is 26.7. The summed E-state index contributed by atoms with van der Waals surface area (Å²) in [6, 6.07) is 16.3. The van der Waals surface area contributed by atoms with Crippen molar-refractivity contribution < 1.29 is 23.0 Å². The molecule has 2 unspecified atom stereocenters. The molecule has 2 heterocycles. The second kappa shape index (κ2) is 12.5. The number of aliphatic hydroxyl groups is 1. The van der Waals surface area contributed by atoms with Crippen LogP contribution in [0.1, 0.15) is 18.0 Å². The molecule has 1 aliphatic rings. The molecule has 1 aliphatic heterocycles. The van der Waals surface area contributed by atoms with Gasteiger partial charge in [0.2, 0.25) is 0 Å². The fraction of sp³-hybridized carbons (Fsp3) is 0.360. The molecule has 9 nitrogen and oxygen atoms in total. The Labute approximate surface area is 217 Å². The third-order valence-corrected chi connectivity index (χ3v) is 7.12. The van der Waals surface area contributed by atoms with E-state index in [1.807, 2.05) is 30.3 Å². The van der Waals surface area contributed by atoms with Gasteiger partial charge in [0, 0.05) is 38.3 Å². The van der Waals surface area contributed by atoms with E-state index in [0.29, 0.717) is 35.4 Å². The minimum atomic E-state index is -2.32. The number of ether oxygens (including phenoxy) is 1. The van der Waals surface area contributed by atoms with Crippen molar-refractivity contribution in [3.63, 3.8) is 0 Å². The van der Waals surface area contributed by atoms with E-state index in [1.165, 1.54) is 0 Å². The van der Waals surface area contributed by atoms with Crippen LogP contribution in [-0.2, 0) is 19.9 Å². The van der Waals surface area contributed by atoms with Crippen molar-refractivity contribution in [1.82, 2.24) is 14.8 Å². The molecule has 3 atom stereocenters. The molecule has 0 radical (unpaired) electrons. The fourth-order valence-corrected chi connectivity index (χ4v) is 4.99. The molecule has 11 heteroatoms. The van der Waals surface area contributed by atoms with Gasteiger partial charge in [0.25, 0.3) is 5.91 Å². The molecule has 192 valence electrons. The average Bonchev–Trinajstić information content (AvgIpc) is 3.31. The zero-order valence-corrected chi connectivity index (χ0v) is 21.5. The van der Waals surface area contributed by atoms with Gasteiger partial charge >= 0.3 is 0 Å². The molecule has 2 aromatic carbocycles. The summed E-state index contributed by atoms with van der Waals surface area (Å²) in [4.78, 5) is 21.4. The number of alkyl halides is 1. The van der Waals surface area contributed by atoms with Crippen molar-refractivity contribution in [2.75, 3.05) is 39.4 Å². The van der Waals surface area contributed by atoms with Gasteiger partial charge in [0.1, 0.15) is 23.0 Å². The summed E-state index contributed by atoms with van der Waals surface area (Å²) in [6.07, 6.45) is 2.00. The summed E-state index contributed by atoms with van der Waals surface area (Å²) in [5, 5.41) is 10.6. The van der Waals surface area contributed by atoms with E-state index < -0.39 is 10.9 Å². The summed E-state index contributed by atoms with van der Waals surface area (Å²) in [5.74, 6) is 0.277. The van der Waals surface area contributed by atoms with Crippen molar-refractivity contribution in [3.05, 3.63) is 66.4 Å². The number of carbonyl (C=O) groups excluding carboxylic acids is 1. The second-order valence-electron chi connectivity index (χ2n) is 8.48. The molecule has 0 saturated carbocycles. The Hall–Kier alpha value is -2.76. The molecular formula is C25H29ClN4O5S. The molecule has 1 saturated heterocycles. The number of amides is 1. The number of rotatable bonds is 10. The topological polar surface area (TPSA) is 105 Å². The van der Waals surface area contributed by atoms with Crippen molar-refractivity contribution in [1.29, 1.82) is 0 Å². The zero-order valence-electron chi connectivity index (χ0n) is 19.9. The molecule has 1 amide bonds. The number of halogens is 1. The Kier molecular flexibility index (Phi) is 9.11. The predicted octanol–water partition coefficient (Wildman–Crippen LogP) is 3.30. The van der Waals surface area contributed by atoms with E-state index in [1.54, 1.807) is 42.4 Å². The minimum Gasteiger partial charge on any atom is -0.483 e. The first-order chi connectivity index (χ1) is 17.5. The highest BCUT2D eigenvalue weighted by Crippen LogP contribution is 2.32. The largest absolute Gasteiger partial charge is 0.483 e. The molecule has 0 bridgehead atoms. The van der Waals surface area contributed by atoms with E-state index in [-0.39, 0.29) is 30.7 Å². The number of carbonyl (C=O) groups is 1. The summed E-state index contributed by atoms with van der Waals surface area (Å²) in [7, 11) is -0.555. The number of fused-ring (bicyclic) bond motifs is 1. The molecule has 0 spiro atoms. The third-order valence-electron chi connectivity index (χ3n) is 6.13. The standard InChI is InChI=1S/C25H29ClN4O5S/c1-29(22(18-6-3-2-4-7-18)15-30-13-11-19(31)14-30)24(32)16-34-23-10-9-21(28-36(33)35-17-26)25-20(23)8-5-12-27-25/h2-10,12,19,22,31,36H,11,13-17H2,1H3/t19-,22?/m0/s1. The number of nitrogens with zero attached hydrogens (tertiary/aromatic N) is 4. The van der Waals surface area contributed by atoms with Crippen LogP contribution in [0.15, 0.2) is 65.2 Å². The SMILES string of the molecule is CN(C(=O)COc1ccc(N=[SH](=O)OCCl)c2ncccc12)C(CN1CC[C@H](O)C1)c1ccccc1. The number of β-amino-alcohol motifs (C(OH)–C–C–N with tert-alkyl or cyclic N) is 1. The molecule has 36 heavy (non-hydrogen) atoms. The number of pyridine rings is 1. The van der Waals surface area contributed by atoms with Gasteiger partial charge in [-0.1, -0.05) is 41.9 Å². The van der Waals surface area contributed by atoms with Crippen LogP contribution in [0.4, 0.5) is 5.69 Å². The van der Waals surface area contributed by atoms with E-state index in [2.05, 4.69) is 14.2 Å². The Morgan fingerprint density at radius 2 is 2.08 bits per heavy atom. The number of aromatic nitrogens is 1. The maximum Gasteiger partial charge on any atom is 0.260 e. The van der Waals surface area contributed by atoms with Gasteiger partial charge in [-0.05, 0) is 36.2 Å². The first kappa shape index (κ1) is 26.3. The maximum atomic E-state index is 13.2. The van der Waals surface area contributed by atoms with Crippen LogP contribution >= 0.6 is 11.6 Å². The molecule has 0 aliphatic carbocycles. The number of hydrogen-bond donors (Lipinski definition) is 2. The van der Waals surface area contributed by atoms with Gasteiger partial charge in [-0.2, -0.15) is 4.36 Å². The van der Waals surface area contributed by atoms with Gasteiger partial charge in [0.15, 0.2) is 17.5 Å². The number of benzene rings is 2. The first-order valence-corrected chi connectivity index (χ1v) is 13.2. The van der Waals surface area contributed by atoms with Gasteiger partial charge in [-0.15, -0.1) is 0 Å². The first-order valence-electron chi connectivity index (χ1n) is 11.6. The van der Waals surface area contributed by atoms with E-state index >= 15 is 0 Å². The molecule has 1 fully saturated rings. The highest BCUT2D eigenvalue weighted by Gasteiger charge is 2.28. The zero-order chi connectivity index (χ0) is 25.5. The normalized spacial score (nSPS) is 17.8. The smallest absolute Gasteiger partial charge is 0.260 e. The Balaban J connectivity index is 1.51. The lowest BCUT2D eigenvalue weighted by molar-refractivity contribution is -0.134. The Morgan fingerprint density at radius 3 is 2.81 bits per heavy atom. The number of aliphatic hydroxyl groups excluding tert-OH is 1. The fourth-order valence-electron chi connectivity index (χ4n) is 4.26. The lowest BCUT2D eigenvalue weighted by Crippen LogP contribution is -2.40. The van der Waals surface area contributed by atoms with Crippen LogP contribution in [-0.4, -0.2) is 75.5 Å². The predicted molar refractivity (Wildman–Crippen MR) is 140 cm³/mol. The molecule has 3 aromatic rings. The van der Waals surface area contributed by atoms with Crippen molar-refractivity contribution in [2.24, 2.45) is 4.36 Å². The lowest BCUT2D eigenvalue weighted by Gasteiger charge is -2.32. The van der Waals surface area contributed by atoms with Crippen LogP contribution in [0, 0.1) is 0 Å². The van der Waals surface area contributed by atoms with Crippen molar-refractivity contribution >= 4 is 45.0 Å². The van der Waals surface area contributed by atoms with Crippen LogP contribution < -0.4 is 4.74 Å². The van der Waals surface area contributed by atoms with E-state index in [0.717, 1.165) is 18.5 Å². The van der Waals surface area contributed by atoms with E-state index in [4.69, 9.17) is 20.5 Å². The van der Waals surface area contributed by atoms with Crippen molar-refractivity contribution in [2.45, 2.75) is 18.6 Å². The van der Waals surface area contributed by atoms with Crippen LogP contribution in [0.25, 0.3) is 10.9 Å². The average molecular weight is 533 g/mol. The molecule has 4 rings (SSSR count). The summed E-state index contributed by atoms with van der Waals surface area (Å²) in [6.45, 7) is 1.84. The molecule has 1 aromatic heterocycles. The van der Waals surface area contributed by atoms with Crippen LogP contribution in [0.2, 0.25) is 0 Å². The highest BCUT2D eigenvalue weighted by atomic mass is 35.5. The van der Waals surface area contributed by atoms with Gasteiger partial charge in [-0.3, -0.25) is 18.9 Å². The maximum absolute atomic E-state index is 13.2. The van der Waals surface area contributed by atoms with Crippen LogP contribution in [0.5, 0.6) is 5.75 Å². The van der Waals surface area contributed by atoms with Gasteiger partial charge in [0.05, 0.1) is 12.1 Å². The highest BCUT2D eigenvalue weighted by molar-refractivity contribution is 7.70. The number of likely N-dealkylation sites (tertiary alicyclic amines) is 1. The summed E-state index contributed by atoms with van der Waals surface area (Å²) in [5.41, 5.74) is 1.88. The molecule has 1 N–H and O–H groups in total. The monoisotopic (exact) mass is 532 g/mol. The Bertz CT molecular complexity index is 1270. The second-order valence-corrected chi connectivity index (χ2v) is 9.63. The summed E-state index contributed by atoms with van der Waals surface area (Å²) >= 11 is 5.47. The lowest BCUT2D eigenvalue weighted by atomic mass is 10.0. The number of likely N-dealkylation sites (N-methyl/N-ethyl adjacent to an activating group) is 1. The number of hydrogen-bond acceptors (Lipinski definition) is 8. The van der Waals surface area contributed by atoms with Gasteiger partial charge < -0.3 is 14.7 Å². The van der Waals surface area contributed by atoms with Gasteiger partial charge in [-0.25, -0.2) is 4.21 Å². The van der Waals surface area contributed by atoms with E-state index in [9.17, 15) is 14.1 Å². The van der Waals surface area contributed by atoms with Crippen molar-refractivity contribution in [3.8, 4) is 5.75 Å². The Morgan fingerprint density at radius 1 is 1.28 bits per heavy atom. The van der Waals surface area contributed by atoms with Crippen LogP contribution in [0.3, 0.4) is 0 Å². The third kappa shape index (κ3) is 6.51. The molecular weight excluding hydrogens is 504 g/mol. The number of thiol groups is 1.